The summed E-state index contributed by atoms with van der Waals surface area (Å²) >= 11 is 6.19. The molecule has 1 aromatic carbocycles. The molecule has 3 aromatic heterocycles. The Bertz CT molecular complexity index is 1420. The zero-order chi connectivity index (χ0) is 20.7. The van der Waals surface area contributed by atoms with E-state index in [9.17, 15) is 9.90 Å². The van der Waals surface area contributed by atoms with Gasteiger partial charge in [-0.2, -0.15) is 19.6 Å². The lowest BCUT2D eigenvalue weighted by atomic mass is 10.2. The van der Waals surface area contributed by atoms with Crippen LogP contribution in [0.25, 0.3) is 11.7 Å². The molecule has 1 aliphatic carbocycles. The van der Waals surface area contributed by atoms with E-state index in [1.54, 1.807) is 18.3 Å². The average molecular weight is 426 g/mol. The first-order chi connectivity index (χ1) is 14.6. The SMILES string of the molecule is O=c1[nH]c(O)c(/C=c2\cnn3c(=NC4CC4)nc(OCc4ccccc4Cl)nc23)[nH]1. The summed E-state index contributed by atoms with van der Waals surface area (Å²) in [5, 5.41) is 15.3. The van der Waals surface area contributed by atoms with Crippen LogP contribution < -0.4 is 21.3 Å². The second kappa shape index (κ2) is 7.30. The predicted octanol–water partition coefficient (Wildman–Crippen LogP) is 0.689. The fraction of sp³-hybridized carbons (Fsp3) is 0.211. The lowest BCUT2D eigenvalue weighted by Crippen LogP contribution is -2.23. The standard InChI is InChI=1S/C19H16ClN7O3/c20-13-4-2-1-3-10(13)9-30-19-24-15-11(7-14-16(28)25-18(29)23-14)8-21-27(15)17(26-19)22-12-5-6-12/h1-4,7-8,12,28H,5-6,9H2,(H2,23,25,29)/b11-7+,22-17?. The summed E-state index contributed by atoms with van der Waals surface area (Å²) < 4.78 is 7.30. The molecule has 0 unspecified atom stereocenters. The van der Waals surface area contributed by atoms with E-state index >= 15 is 0 Å². The van der Waals surface area contributed by atoms with Crippen LogP contribution in [0.5, 0.6) is 11.9 Å². The lowest BCUT2D eigenvalue weighted by Gasteiger charge is -2.06. The zero-order valence-electron chi connectivity index (χ0n) is 15.5. The minimum absolute atomic E-state index is 0.128. The van der Waals surface area contributed by atoms with E-state index in [4.69, 9.17) is 16.3 Å². The number of nitrogens with one attached hydrogen (secondary N) is 2. The highest BCUT2D eigenvalue weighted by molar-refractivity contribution is 6.31. The second-order valence-corrected chi connectivity index (χ2v) is 7.27. The third-order valence-corrected chi connectivity index (χ3v) is 4.92. The van der Waals surface area contributed by atoms with Crippen LogP contribution in [-0.4, -0.2) is 40.7 Å². The van der Waals surface area contributed by atoms with Crippen molar-refractivity contribution in [2.24, 2.45) is 4.99 Å². The van der Waals surface area contributed by atoms with Crippen LogP contribution in [0.3, 0.4) is 0 Å². The molecule has 1 aliphatic rings. The Morgan fingerprint density at radius 2 is 2.13 bits per heavy atom. The van der Waals surface area contributed by atoms with E-state index in [-0.39, 0.29) is 30.2 Å². The second-order valence-electron chi connectivity index (χ2n) is 6.87. The van der Waals surface area contributed by atoms with Gasteiger partial charge in [-0.25, -0.2) is 9.79 Å². The molecule has 0 amide bonds. The molecule has 0 saturated heterocycles. The Morgan fingerprint density at radius 3 is 2.87 bits per heavy atom. The molecule has 0 radical (unpaired) electrons. The van der Waals surface area contributed by atoms with Crippen molar-refractivity contribution in [3.05, 3.63) is 68.1 Å². The van der Waals surface area contributed by atoms with Gasteiger partial charge in [-0.05, 0) is 25.0 Å². The maximum atomic E-state index is 11.4. The van der Waals surface area contributed by atoms with Gasteiger partial charge in [0.05, 0.1) is 12.2 Å². The molecule has 4 aromatic rings. The van der Waals surface area contributed by atoms with E-state index in [2.05, 4.69) is 30.0 Å². The number of nitrogens with zero attached hydrogens (tertiary/aromatic N) is 5. The highest BCUT2D eigenvalue weighted by Crippen LogP contribution is 2.22. The first-order valence-electron chi connectivity index (χ1n) is 9.25. The zero-order valence-corrected chi connectivity index (χ0v) is 16.3. The van der Waals surface area contributed by atoms with Crippen LogP contribution in [0.15, 0.2) is 40.2 Å². The van der Waals surface area contributed by atoms with Gasteiger partial charge in [0.25, 0.3) is 5.62 Å². The van der Waals surface area contributed by atoms with Crippen molar-refractivity contribution < 1.29 is 9.84 Å². The number of aromatic nitrogens is 6. The minimum Gasteiger partial charge on any atom is -0.493 e. The molecule has 10 nitrogen and oxygen atoms in total. The smallest absolute Gasteiger partial charge is 0.326 e. The molecule has 0 atom stereocenters. The number of H-pyrrole nitrogens is 2. The fourth-order valence-corrected chi connectivity index (χ4v) is 3.07. The van der Waals surface area contributed by atoms with E-state index in [1.165, 1.54) is 4.52 Å². The van der Waals surface area contributed by atoms with Crippen molar-refractivity contribution in [3.8, 4) is 11.9 Å². The van der Waals surface area contributed by atoms with Crippen LogP contribution in [0, 0.1) is 0 Å². The maximum Gasteiger partial charge on any atom is 0.326 e. The van der Waals surface area contributed by atoms with E-state index < -0.39 is 5.69 Å². The molecule has 3 N–H and O–H groups in total. The lowest BCUT2D eigenvalue weighted by molar-refractivity contribution is 0.278. The Kier molecular flexibility index (Phi) is 4.47. The molecule has 0 bridgehead atoms. The monoisotopic (exact) mass is 425 g/mol. The largest absolute Gasteiger partial charge is 0.493 e. The molecule has 30 heavy (non-hydrogen) atoms. The van der Waals surface area contributed by atoms with Gasteiger partial charge in [0, 0.05) is 15.8 Å². The number of hydrogen-bond donors (Lipinski definition) is 3. The topological polar surface area (TPSA) is 134 Å². The number of ether oxygens (including phenoxy) is 1. The Balaban J connectivity index is 1.60. The van der Waals surface area contributed by atoms with Crippen LogP contribution in [0.4, 0.5) is 0 Å². The van der Waals surface area contributed by atoms with E-state index in [1.807, 2.05) is 18.2 Å². The average Bonchev–Trinajstić information content (AvgIpc) is 3.36. The van der Waals surface area contributed by atoms with Crippen LogP contribution in [0.2, 0.25) is 5.02 Å². The van der Waals surface area contributed by atoms with E-state index in [0.29, 0.717) is 21.5 Å². The molecule has 5 rings (SSSR count). The summed E-state index contributed by atoms with van der Waals surface area (Å²) in [6.45, 7) is 0.192. The Labute approximate surface area is 173 Å². The first-order valence-corrected chi connectivity index (χ1v) is 9.63. The van der Waals surface area contributed by atoms with Crippen LogP contribution in [0.1, 0.15) is 24.1 Å². The van der Waals surface area contributed by atoms with Gasteiger partial charge in [0.15, 0.2) is 5.65 Å². The molecule has 0 aliphatic heterocycles. The van der Waals surface area contributed by atoms with Gasteiger partial charge in [-0.1, -0.05) is 29.8 Å². The van der Waals surface area contributed by atoms with Gasteiger partial charge >= 0.3 is 11.7 Å². The Morgan fingerprint density at radius 1 is 1.30 bits per heavy atom. The van der Waals surface area contributed by atoms with Crippen molar-refractivity contribution in [1.29, 1.82) is 0 Å². The highest BCUT2D eigenvalue weighted by atomic mass is 35.5. The fourth-order valence-electron chi connectivity index (χ4n) is 2.88. The molecule has 1 saturated carbocycles. The van der Waals surface area contributed by atoms with Crippen LogP contribution in [-0.2, 0) is 6.61 Å². The van der Waals surface area contributed by atoms with Crippen molar-refractivity contribution in [3.63, 3.8) is 0 Å². The Hall–Kier alpha value is -3.66. The normalized spacial score (nSPS) is 15.2. The predicted molar refractivity (Wildman–Crippen MR) is 107 cm³/mol. The number of aromatic hydroxyl groups is 1. The van der Waals surface area contributed by atoms with Crippen molar-refractivity contribution in [1.82, 2.24) is 29.5 Å². The van der Waals surface area contributed by atoms with Gasteiger partial charge in [-0.15, -0.1) is 0 Å². The van der Waals surface area contributed by atoms with Crippen molar-refractivity contribution in [2.45, 2.75) is 25.5 Å². The number of rotatable bonds is 5. The summed E-state index contributed by atoms with van der Waals surface area (Å²) in [4.78, 5) is 29.6. The summed E-state index contributed by atoms with van der Waals surface area (Å²) in [6, 6.07) is 7.70. The maximum absolute atomic E-state index is 11.4. The van der Waals surface area contributed by atoms with Crippen molar-refractivity contribution in [2.75, 3.05) is 0 Å². The number of halogens is 1. The molecule has 11 heteroatoms. The summed E-state index contributed by atoms with van der Waals surface area (Å²) in [5.74, 6) is -0.272. The molecule has 3 heterocycles. The van der Waals surface area contributed by atoms with Crippen molar-refractivity contribution >= 4 is 23.3 Å². The molecular formula is C19H16ClN7O3. The number of aromatic amines is 2. The number of fused-ring (bicyclic) bond motifs is 1. The van der Waals surface area contributed by atoms with Gasteiger partial charge < -0.3 is 14.8 Å². The van der Waals surface area contributed by atoms with Gasteiger partial charge in [0.2, 0.25) is 5.88 Å². The first kappa shape index (κ1) is 18.4. The van der Waals surface area contributed by atoms with E-state index in [0.717, 1.165) is 18.4 Å². The third-order valence-electron chi connectivity index (χ3n) is 4.55. The number of imidazole rings is 1. The number of hydrogen-bond acceptors (Lipinski definition) is 7. The third kappa shape index (κ3) is 3.64. The number of benzene rings is 1. The molecule has 0 spiro atoms. The van der Waals surface area contributed by atoms with Gasteiger partial charge in [0.1, 0.15) is 12.3 Å². The van der Waals surface area contributed by atoms with Gasteiger partial charge in [-0.3, -0.25) is 4.98 Å². The quantitative estimate of drug-likeness (QED) is 0.430. The highest BCUT2D eigenvalue weighted by Gasteiger charge is 2.21. The molecule has 1 fully saturated rings. The summed E-state index contributed by atoms with van der Waals surface area (Å²) in [6.07, 6.45) is 5.11. The van der Waals surface area contributed by atoms with Crippen LogP contribution >= 0.6 is 11.6 Å². The molecule has 152 valence electrons. The molecular weight excluding hydrogens is 410 g/mol. The minimum atomic E-state index is -0.516. The summed E-state index contributed by atoms with van der Waals surface area (Å²) in [5.41, 5.74) is 1.31. The summed E-state index contributed by atoms with van der Waals surface area (Å²) in [7, 11) is 0.